The van der Waals surface area contributed by atoms with Crippen molar-refractivity contribution in [2.45, 2.75) is 39.3 Å². The van der Waals surface area contributed by atoms with Crippen LogP contribution in [0.1, 0.15) is 27.2 Å². The van der Waals surface area contributed by atoms with Crippen LogP contribution in [0.25, 0.3) is 0 Å². The maximum absolute atomic E-state index is 12.2. The summed E-state index contributed by atoms with van der Waals surface area (Å²) in [4.78, 5) is 18.2. The third-order valence-corrected chi connectivity index (χ3v) is 3.09. The van der Waals surface area contributed by atoms with E-state index >= 15 is 0 Å². The lowest BCUT2D eigenvalue weighted by molar-refractivity contribution is 0.489. The standard InChI is InChI=1S/C12H22N4O/c1-5-7-16-8-6-14-10(11(16)17)15(4)12(2,3)9-13/h6,8H,5,7,9,13H2,1-4H3. The Bertz CT molecular complexity index is 425. The first-order chi connectivity index (χ1) is 7.94. The highest BCUT2D eigenvalue weighted by molar-refractivity contribution is 5.38. The Kier molecular flexibility index (Phi) is 4.28. The number of nitrogens with two attached hydrogens (primary N) is 1. The summed E-state index contributed by atoms with van der Waals surface area (Å²) in [6, 6.07) is 0. The molecule has 0 aliphatic rings. The first-order valence-corrected chi connectivity index (χ1v) is 5.93. The Morgan fingerprint density at radius 2 is 2.18 bits per heavy atom. The fraction of sp³-hybridized carbons (Fsp3) is 0.667. The number of nitrogens with zero attached hydrogens (tertiary/aromatic N) is 3. The van der Waals surface area contributed by atoms with Gasteiger partial charge in [-0.1, -0.05) is 6.92 Å². The summed E-state index contributed by atoms with van der Waals surface area (Å²) in [6.45, 7) is 7.20. The number of anilines is 1. The molecule has 2 N–H and O–H groups in total. The summed E-state index contributed by atoms with van der Waals surface area (Å²) >= 11 is 0. The SMILES string of the molecule is CCCn1ccnc(N(C)C(C)(C)CN)c1=O. The lowest BCUT2D eigenvalue weighted by Gasteiger charge is -2.35. The molecule has 5 heteroatoms. The molecule has 17 heavy (non-hydrogen) atoms. The minimum absolute atomic E-state index is 0.0571. The molecule has 0 aliphatic carbocycles. The largest absolute Gasteiger partial charge is 0.349 e. The Morgan fingerprint density at radius 3 is 2.71 bits per heavy atom. The van der Waals surface area contributed by atoms with Gasteiger partial charge in [-0.05, 0) is 20.3 Å². The van der Waals surface area contributed by atoms with Crippen molar-refractivity contribution in [2.75, 3.05) is 18.5 Å². The van der Waals surface area contributed by atoms with Crippen molar-refractivity contribution in [3.8, 4) is 0 Å². The van der Waals surface area contributed by atoms with Gasteiger partial charge in [0.2, 0.25) is 0 Å². The Labute approximate surface area is 102 Å². The summed E-state index contributed by atoms with van der Waals surface area (Å²) in [7, 11) is 1.85. The molecular formula is C12H22N4O. The van der Waals surface area contributed by atoms with Crippen LogP contribution in [0, 0.1) is 0 Å². The highest BCUT2D eigenvalue weighted by Gasteiger charge is 2.25. The zero-order chi connectivity index (χ0) is 13.1. The molecule has 0 radical (unpaired) electrons. The Hall–Kier alpha value is -1.36. The van der Waals surface area contributed by atoms with Crippen molar-refractivity contribution >= 4 is 5.82 Å². The topological polar surface area (TPSA) is 64.2 Å². The number of rotatable bonds is 5. The molecule has 0 amide bonds. The minimum Gasteiger partial charge on any atom is -0.349 e. The normalized spacial score (nSPS) is 11.6. The zero-order valence-corrected chi connectivity index (χ0v) is 11.1. The van der Waals surface area contributed by atoms with Gasteiger partial charge in [-0.3, -0.25) is 4.79 Å². The Balaban J connectivity index is 3.15. The predicted molar refractivity (Wildman–Crippen MR) is 70.3 cm³/mol. The average Bonchev–Trinajstić information content (AvgIpc) is 2.31. The lowest BCUT2D eigenvalue weighted by atomic mass is 10.0. The van der Waals surface area contributed by atoms with Crippen LogP contribution in [0.4, 0.5) is 5.82 Å². The third kappa shape index (κ3) is 2.85. The number of hydrogen-bond donors (Lipinski definition) is 1. The van der Waals surface area contributed by atoms with Crippen LogP contribution in [-0.2, 0) is 6.54 Å². The molecule has 0 bridgehead atoms. The second-order valence-corrected chi connectivity index (χ2v) is 4.82. The molecule has 1 rings (SSSR count). The molecule has 0 aliphatic heterocycles. The summed E-state index contributed by atoms with van der Waals surface area (Å²) in [5.41, 5.74) is 5.38. The van der Waals surface area contributed by atoms with Gasteiger partial charge in [0.1, 0.15) is 0 Å². The molecule has 96 valence electrons. The minimum atomic E-state index is -0.280. The summed E-state index contributed by atoms with van der Waals surface area (Å²) in [5, 5.41) is 0. The van der Waals surface area contributed by atoms with E-state index in [4.69, 9.17) is 5.73 Å². The second-order valence-electron chi connectivity index (χ2n) is 4.82. The molecule has 1 aromatic rings. The van der Waals surface area contributed by atoms with E-state index < -0.39 is 0 Å². The summed E-state index contributed by atoms with van der Waals surface area (Å²) in [6.07, 6.45) is 4.31. The quantitative estimate of drug-likeness (QED) is 0.825. The molecule has 0 spiro atoms. The highest BCUT2D eigenvalue weighted by atomic mass is 16.1. The molecule has 5 nitrogen and oxygen atoms in total. The molecule has 0 atom stereocenters. The first-order valence-electron chi connectivity index (χ1n) is 5.93. The summed E-state index contributed by atoms with van der Waals surface area (Å²) in [5.74, 6) is 0.455. The van der Waals surface area contributed by atoms with Crippen molar-refractivity contribution in [2.24, 2.45) is 5.73 Å². The molecule has 1 aromatic heterocycles. The van der Waals surface area contributed by atoms with E-state index in [1.165, 1.54) is 0 Å². The maximum atomic E-state index is 12.2. The smallest absolute Gasteiger partial charge is 0.293 e. The van der Waals surface area contributed by atoms with Gasteiger partial charge in [0, 0.05) is 38.1 Å². The van der Waals surface area contributed by atoms with Crippen LogP contribution in [0.5, 0.6) is 0 Å². The van der Waals surface area contributed by atoms with E-state index in [2.05, 4.69) is 4.98 Å². The van der Waals surface area contributed by atoms with Crippen LogP contribution in [0.2, 0.25) is 0 Å². The molecular weight excluding hydrogens is 216 g/mol. The highest BCUT2D eigenvalue weighted by Crippen LogP contribution is 2.15. The predicted octanol–water partition coefficient (Wildman–Crippen LogP) is 0.827. The zero-order valence-electron chi connectivity index (χ0n) is 11.1. The van der Waals surface area contributed by atoms with Gasteiger partial charge in [0.05, 0.1) is 0 Å². The van der Waals surface area contributed by atoms with E-state index in [9.17, 15) is 4.79 Å². The Morgan fingerprint density at radius 1 is 1.53 bits per heavy atom. The van der Waals surface area contributed by atoms with Crippen molar-refractivity contribution < 1.29 is 0 Å². The van der Waals surface area contributed by atoms with Gasteiger partial charge < -0.3 is 15.2 Å². The van der Waals surface area contributed by atoms with Gasteiger partial charge in [0.15, 0.2) is 5.82 Å². The van der Waals surface area contributed by atoms with E-state index in [1.807, 2.05) is 32.7 Å². The van der Waals surface area contributed by atoms with Crippen molar-refractivity contribution in [1.82, 2.24) is 9.55 Å². The van der Waals surface area contributed by atoms with Gasteiger partial charge in [0.25, 0.3) is 5.56 Å². The molecule has 0 saturated carbocycles. The van der Waals surface area contributed by atoms with Gasteiger partial charge in [-0.2, -0.15) is 0 Å². The molecule has 0 fully saturated rings. The average molecular weight is 238 g/mol. The van der Waals surface area contributed by atoms with Gasteiger partial charge in [-0.25, -0.2) is 4.98 Å². The first kappa shape index (κ1) is 13.7. The van der Waals surface area contributed by atoms with Crippen LogP contribution in [0.3, 0.4) is 0 Å². The third-order valence-electron chi connectivity index (χ3n) is 3.09. The van der Waals surface area contributed by atoms with Gasteiger partial charge >= 0.3 is 0 Å². The number of likely N-dealkylation sites (N-methyl/N-ethyl adjacent to an activating group) is 1. The molecule has 0 unspecified atom stereocenters. The number of aryl methyl sites for hydroxylation is 1. The molecule has 0 saturated heterocycles. The van der Waals surface area contributed by atoms with E-state index in [0.717, 1.165) is 6.42 Å². The van der Waals surface area contributed by atoms with E-state index in [-0.39, 0.29) is 11.1 Å². The van der Waals surface area contributed by atoms with Crippen LogP contribution in [0.15, 0.2) is 17.2 Å². The fourth-order valence-electron chi connectivity index (χ4n) is 1.51. The van der Waals surface area contributed by atoms with Crippen molar-refractivity contribution in [3.63, 3.8) is 0 Å². The lowest BCUT2D eigenvalue weighted by Crippen LogP contribution is -2.50. The number of hydrogen-bond acceptors (Lipinski definition) is 4. The van der Waals surface area contributed by atoms with Gasteiger partial charge in [-0.15, -0.1) is 0 Å². The second kappa shape index (κ2) is 5.31. The maximum Gasteiger partial charge on any atom is 0.293 e. The van der Waals surface area contributed by atoms with Crippen LogP contribution in [-0.4, -0.2) is 28.7 Å². The monoisotopic (exact) mass is 238 g/mol. The number of aromatic nitrogens is 2. The summed E-state index contributed by atoms with van der Waals surface area (Å²) < 4.78 is 1.69. The fourth-order valence-corrected chi connectivity index (χ4v) is 1.51. The molecule has 1 heterocycles. The van der Waals surface area contributed by atoms with Crippen molar-refractivity contribution in [1.29, 1.82) is 0 Å². The van der Waals surface area contributed by atoms with E-state index in [1.54, 1.807) is 17.0 Å². The van der Waals surface area contributed by atoms with Crippen LogP contribution >= 0.6 is 0 Å². The molecule has 0 aromatic carbocycles. The van der Waals surface area contributed by atoms with E-state index in [0.29, 0.717) is 18.9 Å². The van der Waals surface area contributed by atoms with Crippen molar-refractivity contribution in [3.05, 3.63) is 22.7 Å². The van der Waals surface area contributed by atoms with Crippen LogP contribution < -0.4 is 16.2 Å².